The second-order valence-corrected chi connectivity index (χ2v) is 13.8. The average molecular weight is 660 g/mol. The van der Waals surface area contributed by atoms with Gasteiger partial charge in [0.1, 0.15) is 11.4 Å². The van der Waals surface area contributed by atoms with Crippen LogP contribution in [0.1, 0.15) is 84.0 Å². The lowest BCUT2D eigenvalue weighted by Gasteiger charge is -2.33. The molecule has 2 aliphatic heterocycles. The van der Waals surface area contributed by atoms with Crippen molar-refractivity contribution in [3.8, 4) is 5.75 Å². The second-order valence-electron chi connectivity index (χ2n) is 13.8. The molecule has 5 rings (SSSR count). The SMILES string of the molecule is CC(C)c1noc(N2CCC(C(C)CCOc3cnc(N4C[C@H](NC(=O)OC(C)(C)C)[C@@H](c5cc(F)c(F)cc5F)C4)nc3)CC2)n1. The summed E-state index contributed by atoms with van der Waals surface area (Å²) < 4.78 is 59.4. The molecule has 0 spiro atoms. The third kappa shape index (κ3) is 8.63. The van der Waals surface area contributed by atoms with Crippen LogP contribution in [0.3, 0.4) is 0 Å². The fourth-order valence-electron chi connectivity index (χ4n) is 6.10. The number of halogens is 3. The Morgan fingerprint density at radius 2 is 1.70 bits per heavy atom. The van der Waals surface area contributed by atoms with E-state index in [2.05, 4.69) is 37.2 Å². The standard InChI is InChI=1S/C33H44F3N7O4/c1-19(2)29-40-31(47-41-29)42-10-7-21(8-11-42)20(3)9-12-45-22-15-37-30(38-16-22)43-17-24(23-13-26(35)27(36)14-25(23)34)28(18-43)39-32(44)46-33(4,5)6/h13-16,19-21,24,28H,7-12,17-18H2,1-6H3,(H,39,44)/t20?,24-,28+/m1/s1. The highest BCUT2D eigenvalue weighted by Gasteiger charge is 2.39. The number of carbonyl (C=O) groups is 1. The molecule has 3 aromatic rings. The number of anilines is 2. The summed E-state index contributed by atoms with van der Waals surface area (Å²) in [4.78, 5) is 29.9. The number of nitrogens with one attached hydrogen (secondary N) is 1. The molecule has 11 nitrogen and oxygen atoms in total. The first-order chi connectivity index (χ1) is 22.3. The molecule has 47 heavy (non-hydrogen) atoms. The number of nitrogens with zero attached hydrogens (tertiary/aromatic N) is 6. The van der Waals surface area contributed by atoms with Gasteiger partial charge in [-0.25, -0.2) is 27.9 Å². The molecule has 1 unspecified atom stereocenters. The van der Waals surface area contributed by atoms with Gasteiger partial charge >= 0.3 is 12.1 Å². The molecule has 0 bridgehead atoms. The van der Waals surface area contributed by atoms with Crippen molar-refractivity contribution in [1.82, 2.24) is 25.4 Å². The molecule has 2 saturated heterocycles. The van der Waals surface area contributed by atoms with E-state index in [1.807, 2.05) is 13.8 Å². The monoisotopic (exact) mass is 659 g/mol. The van der Waals surface area contributed by atoms with E-state index in [9.17, 15) is 18.0 Å². The molecule has 1 N–H and O–H groups in total. The first-order valence-corrected chi connectivity index (χ1v) is 16.2. The summed E-state index contributed by atoms with van der Waals surface area (Å²) >= 11 is 0. The quantitative estimate of drug-likeness (QED) is 0.251. The second kappa shape index (κ2) is 14.3. The number of aromatic nitrogens is 4. The van der Waals surface area contributed by atoms with Crippen molar-refractivity contribution in [1.29, 1.82) is 0 Å². The smallest absolute Gasteiger partial charge is 0.407 e. The van der Waals surface area contributed by atoms with Crippen LogP contribution in [0.5, 0.6) is 5.75 Å². The molecule has 1 aromatic carbocycles. The molecule has 0 radical (unpaired) electrons. The highest BCUT2D eigenvalue weighted by atomic mass is 19.2. The Morgan fingerprint density at radius 1 is 1.02 bits per heavy atom. The van der Waals surface area contributed by atoms with Gasteiger partial charge in [-0.15, -0.1) is 0 Å². The number of hydrogen-bond acceptors (Lipinski definition) is 10. The van der Waals surface area contributed by atoms with Gasteiger partial charge < -0.3 is 29.1 Å². The predicted molar refractivity (Wildman–Crippen MR) is 169 cm³/mol. The first-order valence-electron chi connectivity index (χ1n) is 16.2. The van der Waals surface area contributed by atoms with E-state index in [0.29, 0.717) is 42.2 Å². The van der Waals surface area contributed by atoms with Gasteiger partial charge in [0.05, 0.1) is 25.0 Å². The van der Waals surface area contributed by atoms with E-state index in [1.54, 1.807) is 38.1 Å². The Morgan fingerprint density at radius 3 is 2.34 bits per heavy atom. The maximum Gasteiger partial charge on any atom is 0.407 e. The Hall–Kier alpha value is -4.10. The third-order valence-electron chi connectivity index (χ3n) is 8.76. The number of rotatable bonds is 10. The van der Waals surface area contributed by atoms with Crippen molar-refractivity contribution >= 4 is 18.1 Å². The van der Waals surface area contributed by atoms with Gasteiger partial charge in [0.25, 0.3) is 0 Å². The highest BCUT2D eigenvalue weighted by molar-refractivity contribution is 5.68. The molecule has 2 fully saturated rings. The van der Waals surface area contributed by atoms with Crippen LogP contribution in [0, 0.1) is 29.3 Å². The fourth-order valence-corrected chi connectivity index (χ4v) is 6.10. The maximum atomic E-state index is 14.8. The van der Waals surface area contributed by atoms with Crippen molar-refractivity contribution < 1.29 is 32.0 Å². The summed E-state index contributed by atoms with van der Waals surface area (Å²) in [5.74, 6) is -1.24. The zero-order valence-electron chi connectivity index (χ0n) is 27.8. The van der Waals surface area contributed by atoms with E-state index in [4.69, 9.17) is 14.0 Å². The molecule has 14 heteroatoms. The first kappa shape index (κ1) is 34.2. The number of alkyl carbamates (subject to hydrolysis) is 1. The number of benzene rings is 1. The van der Waals surface area contributed by atoms with Crippen molar-refractivity contribution in [2.45, 2.75) is 84.3 Å². The number of carbonyl (C=O) groups excluding carboxylic acids is 1. The summed E-state index contributed by atoms with van der Waals surface area (Å²) in [7, 11) is 0. The van der Waals surface area contributed by atoms with Crippen LogP contribution in [0.15, 0.2) is 29.0 Å². The van der Waals surface area contributed by atoms with Gasteiger partial charge in [-0.05, 0) is 63.5 Å². The van der Waals surface area contributed by atoms with Crippen LogP contribution in [-0.2, 0) is 4.74 Å². The van der Waals surface area contributed by atoms with Crippen LogP contribution in [0.4, 0.5) is 29.9 Å². The lowest BCUT2D eigenvalue weighted by Crippen LogP contribution is -2.43. The minimum Gasteiger partial charge on any atom is -0.490 e. The normalized spacial score (nSPS) is 19.7. The zero-order chi connectivity index (χ0) is 33.9. The molecular formula is C33H44F3N7O4. The highest BCUT2D eigenvalue weighted by Crippen LogP contribution is 2.33. The summed E-state index contributed by atoms with van der Waals surface area (Å²) in [5, 5.41) is 6.83. The summed E-state index contributed by atoms with van der Waals surface area (Å²) in [6.45, 7) is 14.1. The van der Waals surface area contributed by atoms with E-state index in [-0.39, 0.29) is 24.6 Å². The number of hydrogen-bond donors (Lipinski definition) is 1. The van der Waals surface area contributed by atoms with Crippen LogP contribution >= 0.6 is 0 Å². The molecule has 2 aromatic heterocycles. The molecule has 0 saturated carbocycles. The number of ether oxygens (including phenoxy) is 2. The third-order valence-corrected chi connectivity index (χ3v) is 8.76. The molecule has 256 valence electrons. The molecule has 1 amide bonds. The van der Waals surface area contributed by atoms with Gasteiger partial charge in [-0.3, -0.25) is 0 Å². The number of piperidine rings is 1. The Kier molecular flexibility index (Phi) is 10.5. The van der Waals surface area contributed by atoms with Gasteiger partial charge in [0, 0.05) is 44.1 Å². The number of amides is 1. The van der Waals surface area contributed by atoms with Gasteiger partial charge in [0.15, 0.2) is 23.2 Å². The fraction of sp³-hybridized carbons (Fsp3) is 0.606. The predicted octanol–water partition coefficient (Wildman–Crippen LogP) is 6.22. The topological polar surface area (TPSA) is 119 Å². The van der Waals surface area contributed by atoms with Crippen LogP contribution in [-0.4, -0.2) is 70.6 Å². The van der Waals surface area contributed by atoms with Crippen molar-refractivity contribution in [3.05, 3.63) is 53.4 Å². The molecule has 2 aliphatic rings. The van der Waals surface area contributed by atoms with Crippen molar-refractivity contribution in [3.63, 3.8) is 0 Å². The minimum absolute atomic E-state index is 0.0536. The molecular weight excluding hydrogens is 615 g/mol. The van der Waals surface area contributed by atoms with E-state index in [1.165, 1.54) is 0 Å². The largest absolute Gasteiger partial charge is 0.490 e. The lowest BCUT2D eigenvalue weighted by molar-refractivity contribution is 0.0504. The summed E-state index contributed by atoms with van der Waals surface area (Å²) in [5.41, 5.74) is -0.810. The minimum atomic E-state index is -1.28. The zero-order valence-corrected chi connectivity index (χ0v) is 27.8. The van der Waals surface area contributed by atoms with Crippen LogP contribution < -0.4 is 19.9 Å². The average Bonchev–Trinajstić information content (AvgIpc) is 3.67. The molecule has 3 atom stereocenters. The van der Waals surface area contributed by atoms with E-state index >= 15 is 0 Å². The van der Waals surface area contributed by atoms with Crippen molar-refractivity contribution in [2.24, 2.45) is 11.8 Å². The van der Waals surface area contributed by atoms with Gasteiger partial charge in [-0.1, -0.05) is 25.9 Å². The van der Waals surface area contributed by atoms with Crippen LogP contribution in [0.25, 0.3) is 0 Å². The summed E-state index contributed by atoms with van der Waals surface area (Å²) in [6, 6.07) is 1.27. The Bertz CT molecular complexity index is 1510. The van der Waals surface area contributed by atoms with E-state index in [0.717, 1.165) is 44.2 Å². The van der Waals surface area contributed by atoms with Gasteiger partial charge in [-0.2, -0.15) is 4.98 Å². The Balaban J connectivity index is 1.14. The maximum absolute atomic E-state index is 14.8. The molecule has 4 heterocycles. The Labute approximate surface area is 273 Å². The van der Waals surface area contributed by atoms with Gasteiger partial charge in [0.2, 0.25) is 5.95 Å². The van der Waals surface area contributed by atoms with E-state index < -0.39 is 41.1 Å². The van der Waals surface area contributed by atoms with Crippen LogP contribution in [0.2, 0.25) is 0 Å². The molecule has 0 aliphatic carbocycles. The summed E-state index contributed by atoms with van der Waals surface area (Å²) in [6.07, 6.45) is 5.39. The van der Waals surface area contributed by atoms with Crippen molar-refractivity contribution in [2.75, 3.05) is 42.6 Å². The lowest BCUT2D eigenvalue weighted by atomic mass is 9.84.